The van der Waals surface area contributed by atoms with Crippen LogP contribution in [0.25, 0.3) is 11.3 Å². The summed E-state index contributed by atoms with van der Waals surface area (Å²) < 4.78 is 5.58. The van der Waals surface area contributed by atoms with Crippen LogP contribution in [-0.4, -0.2) is 29.3 Å². The molecular weight excluding hydrogens is 360 g/mol. The second kappa shape index (κ2) is 6.96. The number of hydrogen-bond donors (Lipinski definition) is 0. The van der Waals surface area contributed by atoms with Crippen molar-refractivity contribution in [2.75, 3.05) is 11.5 Å². The maximum atomic E-state index is 12.9. The number of aromatic nitrogens is 1. The number of fused-ring (bicyclic) bond motifs is 1. The smallest absolute Gasteiger partial charge is 0.265 e. The summed E-state index contributed by atoms with van der Waals surface area (Å²) in [6.45, 7) is 3.63. The van der Waals surface area contributed by atoms with Gasteiger partial charge in [-0.3, -0.25) is 14.5 Å². The van der Waals surface area contributed by atoms with E-state index in [1.54, 1.807) is 30.4 Å². The molecule has 1 unspecified atom stereocenters. The number of amides is 1. The van der Waals surface area contributed by atoms with E-state index in [4.69, 9.17) is 4.74 Å². The largest absolute Gasteiger partial charge is 0.482 e. The number of thiazole rings is 1. The number of ketones is 1. The zero-order valence-corrected chi connectivity index (χ0v) is 15.8. The molecule has 0 saturated carbocycles. The van der Waals surface area contributed by atoms with E-state index in [1.165, 1.54) is 4.90 Å². The fraction of sp³-hybridized carbons (Fsp3) is 0.190. The van der Waals surface area contributed by atoms with Crippen LogP contribution in [-0.2, 0) is 4.79 Å². The molecule has 1 amide bonds. The average molecular weight is 378 g/mol. The third-order valence-corrected chi connectivity index (χ3v) is 5.35. The number of benzene rings is 2. The second-order valence-electron chi connectivity index (χ2n) is 6.39. The van der Waals surface area contributed by atoms with Crippen molar-refractivity contribution < 1.29 is 14.3 Å². The predicted molar refractivity (Wildman–Crippen MR) is 106 cm³/mol. The van der Waals surface area contributed by atoms with Gasteiger partial charge in [0.25, 0.3) is 5.91 Å². The molecule has 1 aliphatic heterocycles. The highest BCUT2D eigenvalue weighted by atomic mass is 32.1. The topological polar surface area (TPSA) is 59.5 Å². The van der Waals surface area contributed by atoms with Gasteiger partial charge >= 0.3 is 0 Å². The summed E-state index contributed by atoms with van der Waals surface area (Å²) in [7, 11) is 0. The molecule has 6 heteroatoms. The number of ether oxygens (including phenoxy) is 1. The fourth-order valence-electron chi connectivity index (χ4n) is 3.21. The molecule has 1 atom stereocenters. The van der Waals surface area contributed by atoms with Gasteiger partial charge in [0, 0.05) is 16.5 Å². The van der Waals surface area contributed by atoms with Gasteiger partial charge in [0.2, 0.25) is 0 Å². The number of aryl methyl sites for hydroxylation is 1. The van der Waals surface area contributed by atoms with Gasteiger partial charge in [-0.05, 0) is 32.0 Å². The van der Waals surface area contributed by atoms with E-state index in [0.717, 1.165) is 16.3 Å². The van der Waals surface area contributed by atoms with Crippen molar-refractivity contribution in [1.29, 1.82) is 0 Å². The van der Waals surface area contributed by atoms with Crippen molar-refractivity contribution in [3.63, 3.8) is 0 Å². The first kappa shape index (κ1) is 17.4. The summed E-state index contributed by atoms with van der Waals surface area (Å²) in [5, 5.41) is 2.95. The number of Topliss-reactive ketones (excluding diaryl/α,β-unsaturated/α-hetero) is 1. The van der Waals surface area contributed by atoms with Gasteiger partial charge in [0.1, 0.15) is 5.75 Å². The van der Waals surface area contributed by atoms with Crippen LogP contribution >= 0.6 is 11.3 Å². The Morgan fingerprint density at radius 2 is 2.00 bits per heavy atom. The molecule has 27 heavy (non-hydrogen) atoms. The Hall–Kier alpha value is -2.99. The maximum absolute atomic E-state index is 12.9. The minimum atomic E-state index is -0.630. The summed E-state index contributed by atoms with van der Waals surface area (Å²) in [6, 6.07) is 14.0. The lowest BCUT2D eigenvalue weighted by Crippen LogP contribution is -2.48. The normalized spacial score (nSPS) is 14.4. The molecule has 4 rings (SSSR count). The molecule has 2 heterocycles. The predicted octanol–water partition coefficient (Wildman–Crippen LogP) is 4.12. The molecule has 0 fully saturated rings. The van der Waals surface area contributed by atoms with Crippen molar-refractivity contribution in [2.24, 2.45) is 0 Å². The summed E-state index contributed by atoms with van der Waals surface area (Å²) in [5.74, 6) is 0.260. The van der Waals surface area contributed by atoms with Crippen LogP contribution in [0.4, 0.5) is 5.69 Å². The Morgan fingerprint density at radius 1 is 1.22 bits per heavy atom. The molecule has 0 N–H and O–H groups in total. The standard InChI is InChI=1S/C21H18N2O3S/c1-13(21(25)15-6-4-3-5-7-15)23-18-10-16(17-12-27-14(2)22-17)8-9-19(18)26-11-20(23)24/h3-10,12-13H,11H2,1-2H3. The zero-order valence-electron chi connectivity index (χ0n) is 15.0. The lowest BCUT2D eigenvalue weighted by Gasteiger charge is -2.33. The summed E-state index contributed by atoms with van der Waals surface area (Å²) in [4.78, 5) is 31.6. The van der Waals surface area contributed by atoms with E-state index in [-0.39, 0.29) is 18.3 Å². The maximum Gasteiger partial charge on any atom is 0.265 e. The Kier molecular flexibility index (Phi) is 4.49. The molecule has 3 aromatic rings. The first-order chi connectivity index (χ1) is 13.0. The van der Waals surface area contributed by atoms with Gasteiger partial charge in [0.05, 0.1) is 22.4 Å². The van der Waals surface area contributed by atoms with Crippen molar-refractivity contribution in [1.82, 2.24) is 4.98 Å². The number of carbonyl (C=O) groups excluding carboxylic acids is 2. The van der Waals surface area contributed by atoms with Gasteiger partial charge in [-0.1, -0.05) is 30.3 Å². The van der Waals surface area contributed by atoms with E-state index in [1.807, 2.05) is 48.7 Å². The molecule has 0 aliphatic carbocycles. The van der Waals surface area contributed by atoms with Gasteiger partial charge in [-0.2, -0.15) is 0 Å². The first-order valence-corrected chi connectivity index (χ1v) is 9.53. The van der Waals surface area contributed by atoms with Crippen LogP contribution < -0.4 is 9.64 Å². The van der Waals surface area contributed by atoms with Crippen LogP contribution in [0.1, 0.15) is 22.3 Å². The molecule has 0 spiro atoms. The van der Waals surface area contributed by atoms with Gasteiger partial charge < -0.3 is 4.74 Å². The van der Waals surface area contributed by atoms with Crippen LogP contribution in [0.2, 0.25) is 0 Å². The Labute approximate surface area is 161 Å². The quantitative estimate of drug-likeness (QED) is 0.641. The summed E-state index contributed by atoms with van der Waals surface area (Å²) in [5.41, 5.74) is 2.92. The monoisotopic (exact) mass is 378 g/mol. The SMILES string of the molecule is Cc1nc(-c2ccc3c(c2)N(C(C)C(=O)c2ccccc2)C(=O)CO3)cs1. The highest BCUT2D eigenvalue weighted by Crippen LogP contribution is 2.37. The van der Waals surface area contributed by atoms with Crippen LogP contribution in [0.3, 0.4) is 0 Å². The van der Waals surface area contributed by atoms with Gasteiger partial charge in [-0.15, -0.1) is 11.3 Å². The van der Waals surface area contributed by atoms with Gasteiger partial charge in [-0.25, -0.2) is 4.98 Å². The lowest BCUT2D eigenvalue weighted by atomic mass is 10.0. The summed E-state index contributed by atoms with van der Waals surface area (Å²) >= 11 is 1.57. The van der Waals surface area contributed by atoms with Crippen LogP contribution in [0.5, 0.6) is 5.75 Å². The molecule has 2 aromatic carbocycles. The van der Waals surface area contributed by atoms with E-state index in [2.05, 4.69) is 4.98 Å². The molecule has 1 aromatic heterocycles. The number of anilines is 1. The molecule has 0 saturated heterocycles. The minimum Gasteiger partial charge on any atom is -0.482 e. The average Bonchev–Trinajstić information content (AvgIpc) is 3.13. The number of nitrogens with zero attached hydrogens (tertiary/aromatic N) is 2. The lowest BCUT2D eigenvalue weighted by molar-refractivity contribution is -0.121. The Bertz CT molecular complexity index is 1010. The van der Waals surface area contributed by atoms with E-state index < -0.39 is 6.04 Å². The molecule has 1 aliphatic rings. The van der Waals surface area contributed by atoms with E-state index >= 15 is 0 Å². The number of hydrogen-bond acceptors (Lipinski definition) is 5. The molecule has 0 radical (unpaired) electrons. The van der Waals surface area contributed by atoms with E-state index in [0.29, 0.717) is 17.0 Å². The third kappa shape index (κ3) is 3.24. The molecular formula is C21H18N2O3S. The highest BCUT2D eigenvalue weighted by molar-refractivity contribution is 7.09. The first-order valence-electron chi connectivity index (χ1n) is 8.65. The summed E-state index contributed by atoms with van der Waals surface area (Å²) in [6.07, 6.45) is 0. The van der Waals surface area contributed by atoms with Crippen molar-refractivity contribution >= 4 is 28.7 Å². The van der Waals surface area contributed by atoms with Gasteiger partial charge in [0.15, 0.2) is 12.4 Å². The second-order valence-corrected chi connectivity index (χ2v) is 7.46. The van der Waals surface area contributed by atoms with Crippen molar-refractivity contribution in [3.05, 3.63) is 64.5 Å². The zero-order chi connectivity index (χ0) is 19.0. The molecule has 136 valence electrons. The van der Waals surface area contributed by atoms with E-state index in [9.17, 15) is 9.59 Å². The Balaban J connectivity index is 1.74. The van der Waals surface area contributed by atoms with Crippen molar-refractivity contribution in [3.8, 4) is 17.0 Å². The van der Waals surface area contributed by atoms with Crippen LogP contribution in [0, 0.1) is 6.92 Å². The molecule has 5 nitrogen and oxygen atoms in total. The highest BCUT2D eigenvalue weighted by Gasteiger charge is 2.33. The third-order valence-electron chi connectivity index (χ3n) is 4.58. The van der Waals surface area contributed by atoms with Crippen molar-refractivity contribution in [2.45, 2.75) is 19.9 Å². The van der Waals surface area contributed by atoms with Crippen LogP contribution in [0.15, 0.2) is 53.9 Å². The number of carbonyl (C=O) groups is 2. The minimum absolute atomic E-state index is 0.0748. The number of rotatable bonds is 4. The fourth-order valence-corrected chi connectivity index (χ4v) is 3.83. The molecule has 0 bridgehead atoms. The Morgan fingerprint density at radius 3 is 2.70 bits per heavy atom.